The summed E-state index contributed by atoms with van der Waals surface area (Å²) in [5.41, 5.74) is 0.964. The average molecular weight is 566 g/mol. The lowest BCUT2D eigenvalue weighted by Crippen LogP contribution is -2.34. The summed E-state index contributed by atoms with van der Waals surface area (Å²) >= 11 is 12.3. The molecule has 1 amide bonds. The molecular formula is C26H26Cl2FN3O4S. The maximum absolute atomic E-state index is 14.3. The zero-order valence-corrected chi connectivity index (χ0v) is 22.3. The predicted octanol–water partition coefficient (Wildman–Crippen LogP) is 5.29. The number of benzene rings is 2. The molecular weight excluding hydrogens is 540 g/mol. The van der Waals surface area contributed by atoms with Gasteiger partial charge >= 0.3 is 0 Å². The molecule has 37 heavy (non-hydrogen) atoms. The molecule has 3 aromatic rings. The molecule has 1 unspecified atom stereocenters. The van der Waals surface area contributed by atoms with E-state index >= 15 is 0 Å². The van der Waals surface area contributed by atoms with E-state index in [0.717, 1.165) is 25.7 Å². The number of hydrogen-bond acceptors (Lipinski definition) is 5. The Bertz CT molecular complexity index is 1420. The van der Waals surface area contributed by atoms with Crippen LogP contribution in [-0.2, 0) is 33.4 Å². The SMILES string of the molecule is O=C(c1ccc(Cl)cc1Cl)N(Cc1cnc(S(=O)(=O)Cc2ccccc2F)n1CC1CCCO1)C1CC1. The van der Waals surface area contributed by atoms with E-state index in [9.17, 15) is 17.6 Å². The van der Waals surface area contributed by atoms with Crippen LogP contribution in [0.2, 0.25) is 10.0 Å². The minimum Gasteiger partial charge on any atom is -0.376 e. The van der Waals surface area contributed by atoms with Gasteiger partial charge in [0.15, 0.2) is 0 Å². The van der Waals surface area contributed by atoms with Crippen LogP contribution in [0.4, 0.5) is 4.39 Å². The van der Waals surface area contributed by atoms with Crippen LogP contribution >= 0.6 is 23.2 Å². The first kappa shape index (κ1) is 26.2. The van der Waals surface area contributed by atoms with E-state index in [4.69, 9.17) is 27.9 Å². The van der Waals surface area contributed by atoms with Crippen LogP contribution in [0.25, 0.3) is 0 Å². The second-order valence-corrected chi connectivity index (χ2v) is 12.1. The zero-order valence-electron chi connectivity index (χ0n) is 19.9. The monoisotopic (exact) mass is 565 g/mol. The van der Waals surface area contributed by atoms with Crippen LogP contribution in [-0.4, -0.2) is 47.5 Å². The van der Waals surface area contributed by atoms with Crippen LogP contribution < -0.4 is 0 Å². The van der Waals surface area contributed by atoms with Crippen molar-refractivity contribution < 1.29 is 22.3 Å². The highest BCUT2D eigenvalue weighted by atomic mass is 35.5. The summed E-state index contributed by atoms with van der Waals surface area (Å²) in [6, 6.07) is 10.5. The fourth-order valence-electron chi connectivity index (χ4n) is 4.58. The van der Waals surface area contributed by atoms with Crippen molar-refractivity contribution in [2.75, 3.05) is 6.61 Å². The van der Waals surface area contributed by atoms with E-state index in [-0.39, 0.29) is 46.9 Å². The zero-order chi connectivity index (χ0) is 26.2. The Kier molecular flexibility index (Phi) is 7.58. The molecule has 11 heteroatoms. The fraction of sp³-hybridized carbons (Fsp3) is 0.385. The minimum atomic E-state index is -3.99. The van der Waals surface area contributed by atoms with Gasteiger partial charge in [-0.2, -0.15) is 0 Å². The topological polar surface area (TPSA) is 81.5 Å². The van der Waals surface area contributed by atoms with Gasteiger partial charge in [0.05, 0.1) is 47.4 Å². The Morgan fingerprint density at radius 2 is 1.95 bits per heavy atom. The minimum absolute atomic E-state index is 0.0174. The highest BCUT2D eigenvalue weighted by molar-refractivity contribution is 7.90. The quantitative estimate of drug-likeness (QED) is 0.352. The molecule has 0 N–H and O–H groups in total. The molecule has 196 valence electrons. The smallest absolute Gasteiger partial charge is 0.255 e. The highest BCUT2D eigenvalue weighted by Gasteiger charge is 2.36. The van der Waals surface area contributed by atoms with Gasteiger partial charge < -0.3 is 14.2 Å². The average Bonchev–Trinajstić information content (AvgIpc) is 3.40. The molecule has 7 nitrogen and oxygen atoms in total. The van der Waals surface area contributed by atoms with Crippen molar-refractivity contribution in [2.45, 2.75) is 61.8 Å². The second-order valence-electron chi connectivity index (χ2n) is 9.42. The second kappa shape index (κ2) is 10.7. The molecule has 1 atom stereocenters. The van der Waals surface area contributed by atoms with Gasteiger partial charge in [0.1, 0.15) is 5.82 Å². The maximum Gasteiger partial charge on any atom is 0.255 e. The van der Waals surface area contributed by atoms with Gasteiger partial charge in [-0.15, -0.1) is 0 Å². The number of carbonyl (C=O) groups is 1. The Labute approximate surface area is 225 Å². The van der Waals surface area contributed by atoms with Gasteiger partial charge in [-0.05, 0) is 49.9 Å². The lowest BCUT2D eigenvalue weighted by molar-refractivity contribution is 0.0718. The molecule has 0 spiro atoms. The summed E-state index contributed by atoms with van der Waals surface area (Å²) < 4.78 is 48.5. The number of rotatable bonds is 9. The third-order valence-electron chi connectivity index (χ3n) is 6.64. The normalized spacial score (nSPS) is 17.8. The number of amides is 1. The van der Waals surface area contributed by atoms with E-state index in [2.05, 4.69) is 4.98 Å². The van der Waals surface area contributed by atoms with Crippen molar-refractivity contribution in [3.8, 4) is 0 Å². The Hall–Kier alpha value is -2.46. The number of sulfone groups is 1. The van der Waals surface area contributed by atoms with E-state index in [0.29, 0.717) is 22.9 Å². The number of imidazole rings is 1. The summed E-state index contributed by atoms with van der Waals surface area (Å²) in [6.45, 7) is 1.03. The van der Waals surface area contributed by atoms with E-state index in [1.165, 1.54) is 30.5 Å². The lowest BCUT2D eigenvalue weighted by atomic mass is 10.2. The molecule has 1 aliphatic carbocycles. The van der Waals surface area contributed by atoms with Crippen molar-refractivity contribution in [3.05, 3.63) is 81.3 Å². The molecule has 2 aliphatic rings. The van der Waals surface area contributed by atoms with Crippen molar-refractivity contribution in [1.82, 2.24) is 14.5 Å². The number of nitrogens with zero attached hydrogens (tertiary/aromatic N) is 3. The van der Waals surface area contributed by atoms with Gasteiger partial charge in [-0.25, -0.2) is 17.8 Å². The van der Waals surface area contributed by atoms with E-state index in [1.807, 2.05) is 0 Å². The largest absolute Gasteiger partial charge is 0.376 e. The highest BCUT2D eigenvalue weighted by Crippen LogP contribution is 2.33. The molecule has 0 radical (unpaired) electrons. The summed E-state index contributed by atoms with van der Waals surface area (Å²) in [4.78, 5) is 19.5. The van der Waals surface area contributed by atoms with Gasteiger partial charge in [0, 0.05) is 23.2 Å². The van der Waals surface area contributed by atoms with Crippen molar-refractivity contribution in [3.63, 3.8) is 0 Å². The Balaban J connectivity index is 1.48. The van der Waals surface area contributed by atoms with E-state index < -0.39 is 21.4 Å². The van der Waals surface area contributed by atoms with E-state index in [1.54, 1.807) is 27.7 Å². The number of ether oxygens (including phenoxy) is 1. The standard InChI is InChI=1S/C26H26Cl2FN3O4S/c27-18-7-10-22(23(28)12-18)25(33)31(19-8-9-19)14-20-13-30-26(32(20)15-21-5-3-11-36-21)37(34,35)16-17-4-1-2-6-24(17)29/h1-2,4,6-7,10,12-13,19,21H,3,5,8-9,11,14-16H2. The van der Waals surface area contributed by atoms with Crippen LogP contribution in [0.15, 0.2) is 53.8 Å². The summed E-state index contributed by atoms with van der Waals surface area (Å²) in [5.74, 6) is -1.37. The van der Waals surface area contributed by atoms with Gasteiger partial charge in [-0.3, -0.25) is 4.79 Å². The molecule has 2 fully saturated rings. The Morgan fingerprint density at radius 3 is 2.62 bits per heavy atom. The summed E-state index contributed by atoms with van der Waals surface area (Å²) in [5, 5.41) is 0.525. The molecule has 1 aliphatic heterocycles. The molecule has 1 saturated heterocycles. The number of aromatic nitrogens is 2. The maximum atomic E-state index is 14.3. The third-order valence-corrected chi connectivity index (χ3v) is 8.76. The number of carbonyl (C=O) groups excluding carboxylic acids is 1. The first-order chi connectivity index (χ1) is 17.7. The summed E-state index contributed by atoms with van der Waals surface area (Å²) in [6.07, 6.45) is 4.66. The van der Waals surface area contributed by atoms with Crippen LogP contribution in [0.1, 0.15) is 47.3 Å². The summed E-state index contributed by atoms with van der Waals surface area (Å²) in [7, 11) is -3.99. The van der Waals surface area contributed by atoms with Gasteiger partial charge in [0.25, 0.3) is 5.91 Å². The lowest BCUT2D eigenvalue weighted by Gasteiger charge is -2.24. The Morgan fingerprint density at radius 1 is 1.16 bits per heavy atom. The fourth-order valence-corrected chi connectivity index (χ4v) is 6.59. The molecule has 5 rings (SSSR count). The number of hydrogen-bond donors (Lipinski definition) is 0. The first-order valence-corrected chi connectivity index (χ1v) is 14.5. The molecule has 1 aromatic heterocycles. The van der Waals surface area contributed by atoms with Crippen LogP contribution in [0.5, 0.6) is 0 Å². The van der Waals surface area contributed by atoms with Crippen LogP contribution in [0.3, 0.4) is 0 Å². The van der Waals surface area contributed by atoms with Crippen molar-refractivity contribution >= 4 is 38.9 Å². The van der Waals surface area contributed by atoms with Gasteiger partial charge in [-0.1, -0.05) is 41.4 Å². The molecule has 1 saturated carbocycles. The van der Waals surface area contributed by atoms with Crippen LogP contribution in [0, 0.1) is 5.82 Å². The molecule has 2 aromatic carbocycles. The molecule has 0 bridgehead atoms. The predicted molar refractivity (Wildman–Crippen MR) is 138 cm³/mol. The first-order valence-electron chi connectivity index (χ1n) is 12.1. The van der Waals surface area contributed by atoms with Gasteiger partial charge in [0.2, 0.25) is 15.0 Å². The third kappa shape index (κ3) is 5.85. The molecule has 2 heterocycles. The number of halogens is 3. The van der Waals surface area contributed by atoms with Crippen molar-refractivity contribution in [2.24, 2.45) is 0 Å². The van der Waals surface area contributed by atoms with Crippen molar-refractivity contribution in [1.29, 1.82) is 0 Å².